The Morgan fingerprint density at radius 3 is 2.38 bits per heavy atom. The van der Waals surface area contributed by atoms with Crippen molar-refractivity contribution in [3.63, 3.8) is 0 Å². The molecule has 6 heteroatoms. The maximum atomic E-state index is 13.5. The minimum atomic E-state index is -1.17. The van der Waals surface area contributed by atoms with Gasteiger partial charge in [-0.1, -0.05) is 12.1 Å². The van der Waals surface area contributed by atoms with Crippen molar-refractivity contribution in [2.45, 2.75) is 6.42 Å². The molecule has 2 aromatic rings. The van der Waals surface area contributed by atoms with Gasteiger partial charge in [0, 0.05) is 17.7 Å². The molecule has 1 amide bonds. The van der Waals surface area contributed by atoms with Gasteiger partial charge >= 0.3 is 0 Å². The maximum Gasteiger partial charge on any atom is 0.255 e. The van der Waals surface area contributed by atoms with Crippen molar-refractivity contribution in [1.29, 1.82) is 0 Å². The van der Waals surface area contributed by atoms with Gasteiger partial charge in [0.05, 0.1) is 0 Å². The molecule has 0 aliphatic carbocycles. The third-order valence-corrected chi connectivity index (χ3v) is 2.87. The van der Waals surface area contributed by atoms with E-state index in [4.69, 9.17) is 5.73 Å². The Labute approximate surface area is 119 Å². The van der Waals surface area contributed by atoms with Gasteiger partial charge in [-0.05, 0) is 30.7 Å². The fraction of sp³-hybridized carbons (Fsp3) is 0.133. The largest absolute Gasteiger partial charge is 0.330 e. The van der Waals surface area contributed by atoms with E-state index in [1.165, 1.54) is 6.07 Å². The predicted molar refractivity (Wildman–Crippen MR) is 73.5 cm³/mol. The highest BCUT2D eigenvalue weighted by atomic mass is 19.1. The average molecular weight is 294 g/mol. The zero-order valence-corrected chi connectivity index (χ0v) is 11.0. The van der Waals surface area contributed by atoms with Gasteiger partial charge in [0.25, 0.3) is 5.91 Å². The molecular formula is C15H13F3N2O. The molecule has 0 aliphatic heterocycles. The van der Waals surface area contributed by atoms with Crippen LogP contribution in [0.25, 0.3) is 0 Å². The Bertz CT molecular complexity index is 651. The van der Waals surface area contributed by atoms with Crippen LogP contribution in [0.4, 0.5) is 18.9 Å². The summed E-state index contributed by atoms with van der Waals surface area (Å²) in [7, 11) is 0. The van der Waals surface area contributed by atoms with E-state index in [0.717, 1.165) is 5.56 Å². The Morgan fingerprint density at radius 2 is 1.76 bits per heavy atom. The van der Waals surface area contributed by atoms with Crippen LogP contribution in [0, 0.1) is 17.5 Å². The molecule has 0 spiro atoms. The van der Waals surface area contributed by atoms with Gasteiger partial charge in [0.1, 0.15) is 11.5 Å². The smallest absolute Gasteiger partial charge is 0.255 e. The van der Waals surface area contributed by atoms with Gasteiger partial charge < -0.3 is 11.1 Å². The number of hydrogen-bond donors (Lipinski definition) is 2. The van der Waals surface area contributed by atoms with Crippen molar-refractivity contribution < 1.29 is 18.0 Å². The molecule has 0 aliphatic rings. The minimum Gasteiger partial charge on any atom is -0.330 e. The molecule has 2 aromatic carbocycles. The summed E-state index contributed by atoms with van der Waals surface area (Å²) in [6.45, 7) is 0.423. The summed E-state index contributed by atoms with van der Waals surface area (Å²) in [6.07, 6.45) is 0.584. The van der Waals surface area contributed by atoms with E-state index >= 15 is 0 Å². The summed E-state index contributed by atoms with van der Waals surface area (Å²) in [4.78, 5) is 12.0. The topological polar surface area (TPSA) is 55.1 Å². The summed E-state index contributed by atoms with van der Waals surface area (Å²) in [5, 5.41) is 2.10. The standard InChI is InChI=1S/C15H13F3N2O/c16-11-7-12(17)14(13(18)8-11)20-15(21)10-3-1-2-9(6-10)4-5-19/h1-3,6-8H,4-5,19H2,(H,20,21). The zero-order chi connectivity index (χ0) is 15.4. The monoisotopic (exact) mass is 294 g/mol. The van der Waals surface area contributed by atoms with Crippen LogP contribution < -0.4 is 11.1 Å². The first-order chi connectivity index (χ1) is 10.0. The van der Waals surface area contributed by atoms with Gasteiger partial charge in [-0.25, -0.2) is 13.2 Å². The number of halogens is 3. The highest BCUT2D eigenvalue weighted by Crippen LogP contribution is 2.21. The molecule has 0 unspecified atom stereocenters. The lowest BCUT2D eigenvalue weighted by atomic mass is 10.1. The molecule has 0 atom stereocenters. The SMILES string of the molecule is NCCc1cccc(C(=O)Nc2c(F)cc(F)cc2F)c1. The highest BCUT2D eigenvalue weighted by Gasteiger charge is 2.15. The number of rotatable bonds is 4. The van der Waals surface area contributed by atoms with Gasteiger partial charge in [-0.15, -0.1) is 0 Å². The van der Waals surface area contributed by atoms with Crippen LogP contribution in [-0.4, -0.2) is 12.5 Å². The number of amides is 1. The second kappa shape index (κ2) is 6.41. The third-order valence-electron chi connectivity index (χ3n) is 2.87. The fourth-order valence-corrected chi connectivity index (χ4v) is 1.88. The summed E-state index contributed by atoms with van der Waals surface area (Å²) in [5.74, 6) is -4.07. The van der Waals surface area contributed by atoms with E-state index < -0.39 is 29.0 Å². The molecular weight excluding hydrogens is 281 g/mol. The Morgan fingerprint density at radius 1 is 1.10 bits per heavy atom. The molecule has 3 N–H and O–H groups in total. The Hall–Kier alpha value is -2.34. The summed E-state index contributed by atoms with van der Waals surface area (Å²) >= 11 is 0. The fourth-order valence-electron chi connectivity index (χ4n) is 1.88. The van der Waals surface area contributed by atoms with E-state index in [-0.39, 0.29) is 5.56 Å². The second-order valence-electron chi connectivity index (χ2n) is 4.44. The molecule has 0 aromatic heterocycles. The van der Waals surface area contributed by atoms with Crippen LogP contribution in [0.2, 0.25) is 0 Å². The number of carbonyl (C=O) groups is 1. The molecule has 0 saturated heterocycles. The third kappa shape index (κ3) is 3.61. The number of nitrogens with one attached hydrogen (secondary N) is 1. The van der Waals surface area contributed by atoms with Crippen LogP contribution in [0.3, 0.4) is 0 Å². The van der Waals surface area contributed by atoms with Crippen LogP contribution in [0.1, 0.15) is 15.9 Å². The molecule has 0 heterocycles. The molecule has 3 nitrogen and oxygen atoms in total. The van der Waals surface area contributed by atoms with Crippen LogP contribution in [0.15, 0.2) is 36.4 Å². The summed E-state index contributed by atoms with van der Waals surface area (Å²) < 4.78 is 39.8. The normalized spacial score (nSPS) is 10.5. The Balaban J connectivity index is 2.24. The van der Waals surface area contributed by atoms with E-state index in [1.807, 2.05) is 0 Å². The lowest BCUT2D eigenvalue weighted by molar-refractivity contribution is 0.102. The highest BCUT2D eigenvalue weighted by molar-refractivity contribution is 6.04. The van der Waals surface area contributed by atoms with E-state index in [9.17, 15) is 18.0 Å². The number of anilines is 1. The van der Waals surface area contributed by atoms with Gasteiger partial charge in [0.15, 0.2) is 11.6 Å². The second-order valence-corrected chi connectivity index (χ2v) is 4.44. The molecule has 21 heavy (non-hydrogen) atoms. The minimum absolute atomic E-state index is 0.240. The maximum absolute atomic E-state index is 13.5. The quantitative estimate of drug-likeness (QED) is 0.911. The van der Waals surface area contributed by atoms with Crippen LogP contribution in [0.5, 0.6) is 0 Å². The van der Waals surface area contributed by atoms with E-state index in [0.29, 0.717) is 25.1 Å². The van der Waals surface area contributed by atoms with Crippen molar-refractivity contribution in [1.82, 2.24) is 0 Å². The van der Waals surface area contributed by atoms with Crippen molar-refractivity contribution in [3.8, 4) is 0 Å². The summed E-state index contributed by atoms with van der Waals surface area (Å²) in [5.41, 5.74) is 5.83. The van der Waals surface area contributed by atoms with Crippen LogP contribution >= 0.6 is 0 Å². The molecule has 2 rings (SSSR count). The van der Waals surface area contributed by atoms with Crippen molar-refractivity contribution >= 4 is 11.6 Å². The van der Waals surface area contributed by atoms with Gasteiger partial charge in [-0.2, -0.15) is 0 Å². The molecule has 0 bridgehead atoms. The Kier molecular flexibility index (Phi) is 4.59. The average Bonchev–Trinajstić information content (AvgIpc) is 2.43. The van der Waals surface area contributed by atoms with Gasteiger partial charge in [0.2, 0.25) is 0 Å². The number of nitrogens with two attached hydrogens (primary N) is 1. The number of hydrogen-bond acceptors (Lipinski definition) is 2. The van der Waals surface area contributed by atoms with E-state index in [1.54, 1.807) is 18.2 Å². The molecule has 0 radical (unpaired) electrons. The first-order valence-corrected chi connectivity index (χ1v) is 6.26. The predicted octanol–water partition coefficient (Wildman–Crippen LogP) is 2.86. The molecule has 110 valence electrons. The molecule has 0 fully saturated rings. The van der Waals surface area contributed by atoms with Crippen molar-refractivity contribution in [2.24, 2.45) is 5.73 Å². The van der Waals surface area contributed by atoms with E-state index in [2.05, 4.69) is 5.32 Å². The first-order valence-electron chi connectivity index (χ1n) is 6.26. The number of carbonyl (C=O) groups excluding carboxylic acids is 1. The molecule has 0 saturated carbocycles. The lowest BCUT2D eigenvalue weighted by Gasteiger charge is -2.09. The number of benzene rings is 2. The van der Waals surface area contributed by atoms with Crippen molar-refractivity contribution in [2.75, 3.05) is 11.9 Å². The zero-order valence-electron chi connectivity index (χ0n) is 11.0. The van der Waals surface area contributed by atoms with Crippen molar-refractivity contribution in [3.05, 3.63) is 65.0 Å². The van der Waals surface area contributed by atoms with Crippen LogP contribution in [-0.2, 0) is 6.42 Å². The summed E-state index contributed by atoms with van der Waals surface area (Å²) in [6, 6.07) is 7.54. The lowest BCUT2D eigenvalue weighted by Crippen LogP contribution is -2.15. The van der Waals surface area contributed by atoms with Gasteiger partial charge in [-0.3, -0.25) is 4.79 Å². The first kappa shape index (κ1) is 15.1.